The quantitative estimate of drug-likeness (QED) is 0.188. The molecule has 4 aromatic rings. The fourth-order valence-electron chi connectivity index (χ4n) is 4.81. The number of primary amides is 1. The van der Waals surface area contributed by atoms with Crippen LogP contribution in [0, 0.1) is 5.82 Å². The first kappa shape index (κ1) is 31.1. The van der Waals surface area contributed by atoms with Gasteiger partial charge in [-0.05, 0) is 44.2 Å². The molecule has 5 rings (SSSR count). The van der Waals surface area contributed by atoms with Crippen molar-refractivity contribution in [2.45, 2.75) is 19.4 Å². The van der Waals surface area contributed by atoms with Crippen LogP contribution in [0.25, 0.3) is 16.5 Å². The number of morpholine rings is 1. The number of halogens is 2. The summed E-state index contributed by atoms with van der Waals surface area (Å²) >= 11 is 6.59. The van der Waals surface area contributed by atoms with Gasteiger partial charge in [-0.1, -0.05) is 24.2 Å². The molecule has 44 heavy (non-hydrogen) atoms. The SMILES string of the molecule is C=C(C(N)=O)c1cc2c(Nc3cc(Cl)c(Oc4cccc(F)c4)cc3C(C)(C)O)ncnc2cc1OCCN1CCOCC1. The van der Waals surface area contributed by atoms with Crippen molar-refractivity contribution in [2.24, 2.45) is 5.73 Å². The van der Waals surface area contributed by atoms with Crippen LogP contribution in [0.3, 0.4) is 0 Å². The number of aliphatic hydroxyl groups is 1. The Balaban J connectivity index is 1.49. The van der Waals surface area contributed by atoms with E-state index in [0.717, 1.165) is 13.1 Å². The van der Waals surface area contributed by atoms with Crippen LogP contribution in [-0.2, 0) is 15.1 Å². The standard InChI is InChI=1S/C32H33ClFN5O5/c1-19(30(35)40)22-14-23-26(17-28(22)43-12-9-39-7-10-42-11-8-39)36-18-37-31(23)38-27-16-25(33)29(15-24(27)32(2,3)41)44-21-6-4-5-20(34)13-21/h4-6,13-18,41H,1,7-12H2,2-3H3,(H2,35,40)(H,36,37,38). The van der Waals surface area contributed by atoms with E-state index in [4.69, 9.17) is 31.5 Å². The van der Waals surface area contributed by atoms with Gasteiger partial charge in [-0.2, -0.15) is 0 Å². The highest BCUT2D eigenvalue weighted by Gasteiger charge is 2.25. The van der Waals surface area contributed by atoms with Crippen LogP contribution >= 0.6 is 11.6 Å². The molecular formula is C32H33ClFN5O5. The van der Waals surface area contributed by atoms with Crippen molar-refractivity contribution in [1.29, 1.82) is 0 Å². The lowest BCUT2D eigenvalue weighted by atomic mass is 9.95. The number of amides is 1. The molecule has 4 N–H and O–H groups in total. The fourth-order valence-corrected chi connectivity index (χ4v) is 5.01. The smallest absolute Gasteiger partial charge is 0.248 e. The molecule has 2 heterocycles. The highest BCUT2D eigenvalue weighted by atomic mass is 35.5. The van der Waals surface area contributed by atoms with Crippen molar-refractivity contribution in [3.05, 3.63) is 83.4 Å². The van der Waals surface area contributed by atoms with Gasteiger partial charge < -0.3 is 30.4 Å². The zero-order chi connectivity index (χ0) is 31.4. The van der Waals surface area contributed by atoms with Crippen molar-refractivity contribution >= 4 is 45.5 Å². The second kappa shape index (κ2) is 13.1. The number of benzene rings is 3. The molecule has 0 saturated carbocycles. The van der Waals surface area contributed by atoms with Gasteiger partial charge in [0, 0.05) is 59.5 Å². The summed E-state index contributed by atoms with van der Waals surface area (Å²) < 4.78 is 31.1. The van der Waals surface area contributed by atoms with Crippen LogP contribution in [0.2, 0.25) is 5.02 Å². The summed E-state index contributed by atoms with van der Waals surface area (Å²) in [7, 11) is 0. The van der Waals surface area contributed by atoms with Crippen LogP contribution in [0.15, 0.2) is 61.4 Å². The number of nitrogens with zero attached hydrogens (tertiary/aromatic N) is 3. The lowest BCUT2D eigenvalue weighted by Crippen LogP contribution is -2.38. The zero-order valence-corrected chi connectivity index (χ0v) is 25.2. The number of ether oxygens (including phenoxy) is 3. The topological polar surface area (TPSA) is 132 Å². The number of nitrogens with one attached hydrogen (secondary N) is 1. The molecule has 1 aliphatic rings. The maximum absolute atomic E-state index is 13.7. The second-order valence-electron chi connectivity index (χ2n) is 10.8. The Morgan fingerprint density at radius 3 is 2.66 bits per heavy atom. The molecule has 1 amide bonds. The molecule has 1 aromatic heterocycles. The minimum absolute atomic E-state index is 0.0714. The van der Waals surface area contributed by atoms with Crippen LogP contribution in [0.4, 0.5) is 15.9 Å². The van der Waals surface area contributed by atoms with E-state index >= 15 is 0 Å². The molecule has 0 radical (unpaired) electrons. The number of aromatic nitrogens is 2. The van der Waals surface area contributed by atoms with E-state index in [1.165, 1.54) is 24.5 Å². The van der Waals surface area contributed by atoms with Crippen LogP contribution < -0.4 is 20.5 Å². The summed E-state index contributed by atoms with van der Waals surface area (Å²) in [5.41, 5.74) is 6.16. The Labute approximate surface area is 259 Å². The van der Waals surface area contributed by atoms with Gasteiger partial charge in [0.05, 0.1) is 29.4 Å². The highest BCUT2D eigenvalue weighted by Crippen LogP contribution is 2.41. The van der Waals surface area contributed by atoms with Crippen LogP contribution in [0.1, 0.15) is 25.0 Å². The van der Waals surface area contributed by atoms with Gasteiger partial charge in [-0.15, -0.1) is 0 Å². The molecule has 0 unspecified atom stereocenters. The van der Waals surface area contributed by atoms with E-state index in [9.17, 15) is 14.3 Å². The molecule has 0 atom stereocenters. The molecule has 1 fully saturated rings. The Morgan fingerprint density at radius 2 is 1.95 bits per heavy atom. The third-order valence-electron chi connectivity index (χ3n) is 7.14. The third-order valence-corrected chi connectivity index (χ3v) is 7.43. The Morgan fingerprint density at radius 1 is 1.18 bits per heavy atom. The molecular weight excluding hydrogens is 589 g/mol. The maximum Gasteiger partial charge on any atom is 0.248 e. The minimum atomic E-state index is -1.34. The largest absolute Gasteiger partial charge is 0.492 e. The summed E-state index contributed by atoms with van der Waals surface area (Å²) in [5, 5.41) is 15.1. The van der Waals surface area contributed by atoms with E-state index in [2.05, 4.69) is 26.8 Å². The molecule has 230 valence electrons. The lowest BCUT2D eigenvalue weighted by molar-refractivity contribution is -0.112. The first-order valence-electron chi connectivity index (χ1n) is 14.0. The van der Waals surface area contributed by atoms with Gasteiger partial charge in [-0.3, -0.25) is 9.69 Å². The molecule has 12 heteroatoms. The van der Waals surface area contributed by atoms with Crippen molar-refractivity contribution in [1.82, 2.24) is 14.9 Å². The first-order valence-corrected chi connectivity index (χ1v) is 14.3. The van der Waals surface area contributed by atoms with E-state index in [1.807, 2.05) is 0 Å². The lowest BCUT2D eigenvalue weighted by Gasteiger charge is -2.26. The molecule has 1 saturated heterocycles. The molecule has 1 aliphatic heterocycles. The van der Waals surface area contributed by atoms with Crippen molar-refractivity contribution in [3.8, 4) is 17.2 Å². The third kappa shape index (κ3) is 7.25. The zero-order valence-electron chi connectivity index (χ0n) is 24.4. The summed E-state index contributed by atoms with van der Waals surface area (Å²) in [6.07, 6.45) is 1.39. The number of nitrogens with two attached hydrogens (primary N) is 1. The Hall–Kier alpha value is -4.29. The first-order chi connectivity index (χ1) is 21.0. The van der Waals surface area contributed by atoms with Gasteiger partial charge in [-0.25, -0.2) is 14.4 Å². The molecule has 10 nitrogen and oxygen atoms in total. The Bertz CT molecular complexity index is 1710. The molecule has 3 aromatic carbocycles. The monoisotopic (exact) mass is 621 g/mol. The average Bonchev–Trinajstić information content (AvgIpc) is 2.98. The van der Waals surface area contributed by atoms with Crippen LogP contribution in [-0.4, -0.2) is 65.3 Å². The van der Waals surface area contributed by atoms with Crippen molar-refractivity contribution in [3.63, 3.8) is 0 Å². The number of hydrogen-bond acceptors (Lipinski definition) is 9. The fraction of sp³-hybridized carbons (Fsp3) is 0.281. The number of anilines is 2. The number of carbonyl (C=O) groups is 1. The normalized spacial score (nSPS) is 13.9. The van der Waals surface area contributed by atoms with Gasteiger partial charge in [0.25, 0.3) is 0 Å². The summed E-state index contributed by atoms with van der Waals surface area (Å²) in [5.74, 6) is 0.109. The number of hydrogen-bond donors (Lipinski definition) is 3. The predicted octanol–water partition coefficient (Wildman–Crippen LogP) is 5.40. The molecule has 0 bridgehead atoms. The van der Waals surface area contributed by atoms with Gasteiger partial charge in [0.15, 0.2) is 0 Å². The second-order valence-corrected chi connectivity index (χ2v) is 11.2. The summed E-state index contributed by atoms with van der Waals surface area (Å²) in [6.45, 7) is 11.1. The van der Waals surface area contributed by atoms with Crippen LogP contribution in [0.5, 0.6) is 17.2 Å². The van der Waals surface area contributed by atoms with E-state index in [0.29, 0.717) is 65.6 Å². The number of rotatable bonds is 11. The van der Waals surface area contributed by atoms with Gasteiger partial charge >= 0.3 is 0 Å². The van der Waals surface area contributed by atoms with Gasteiger partial charge in [0.2, 0.25) is 5.91 Å². The number of fused-ring (bicyclic) bond motifs is 1. The molecule has 0 spiro atoms. The summed E-state index contributed by atoms with van der Waals surface area (Å²) in [4.78, 5) is 23.3. The summed E-state index contributed by atoms with van der Waals surface area (Å²) in [6, 6.07) is 12.2. The van der Waals surface area contributed by atoms with E-state index in [1.54, 1.807) is 44.2 Å². The highest BCUT2D eigenvalue weighted by molar-refractivity contribution is 6.32. The predicted molar refractivity (Wildman–Crippen MR) is 167 cm³/mol. The molecule has 0 aliphatic carbocycles. The van der Waals surface area contributed by atoms with Gasteiger partial charge in [0.1, 0.15) is 41.8 Å². The minimum Gasteiger partial charge on any atom is -0.492 e. The van der Waals surface area contributed by atoms with Crippen molar-refractivity contribution in [2.75, 3.05) is 44.8 Å². The van der Waals surface area contributed by atoms with Crippen molar-refractivity contribution < 1.29 is 28.5 Å². The average molecular weight is 622 g/mol. The Kier molecular flexibility index (Phi) is 9.31. The maximum atomic E-state index is 13.7. The van der Waals surface area contributed by atoms with E-state index < -0.39 is 17.3 Å². The number of carbonyl (C=O) groups excluding carboxylic acids is 1. The van der Waals surface area contributed by atoms with E-state index in [-0.39, 0.29) is 22.1 Å².